The van der Waals surface area contributed by atoms with E-state index in [1.807, 2.05) is 12.1 Å². The van der Waals surface area contributed by atoms with Crippen molar-refractivity contribution in [3.8, 4) is 17.2 Å². The number of para-hydroxylation sites is 2. The van der Waals surface area contributed by atoms with Crippen molar-refractivity contribution < 1.29 is 18.7 Å². The maximum atomic E-state index is 13.8. The van der Waals surface area contributed by atoms with Gasteiger partial charge in [-0.05, 0) is 44.0 Å². The molecule has 1 saturated carbocycles. The molecule has 8 nitrogen and oxygen atoms in total. The van der Waals surface area contributed by atoms with Crippen molar-refractivity contribution in [2.24, 2.45) is 0 Å². The van der Waals surface area contributed by atoms with Crippen molar-refractivity contribution in [1.29, 1.82) is 0 Å². The lowest BCUT2D eigenvalue weighted by atomic mass is 9.93. The molecule has 32 heavy (non-hydrogen) atoms. The number of nitrogens with zero attached hydrogens (tertiary/aromatic N) is 3. The zero-order valence-corrected chi connectivity index (χ0v) is 18.2. The lowest BCUT2D eigenvalue weighted by molar-refractivity contribution is -0.127. The zero-order chi connectivity index (χ0) is 22.3. The van der Waals surface area contributed by atoms with Gasteiger partial charge in [0.15, 0.2) is 5.76 Å². The summed E-state index contributed by atoms with van der Waals surface area (Å²) in [5, 5.41) is 7.77. The molecule has 2 aliphatic rings. The first-order valence-electron chi connectivity index (χ1n) is 10.9. The molecule has 1 aromatic carbocycles. The van der Waals surface area contributed by atoms with Gasteiger partial charge in [-0.1, -0.05) is 25.0 Å². The number of ether oxygens (including phenoxy) is 1. The molecule has 0 radical (unpaired) electrons. The number of aromatic nitrogens is 2. The van der Waals surface area contributed by atoms with Crippen molar-refractivity contribution in [2.75, 3.05) is 12.0 Å². The summed E-state index contributed by atoms with van der Waals surface area (Å²) in [5.41, 5.74) is 0.316. The minimum absolute atomic E-state index is 0.131. The van der Waals surface area contributed by atoms with E-state index < -0.39 is 5.54 Å². The fourth-order valence-electron chi connectivity index (χ4n) is 4.73. The van der Waals surface area contributed by atoms with Crippen molar-refractivity contribution in [3.63, 3.8) is 0 Å². The van der Waals surface area contributed by atoms with E-state index in [1.165, 1.54) is 0 Å². The summed E-state index contributed by atoms with van der Waals surface area (Å²) >= 11 is 0. The number of nitrogens with one attached hydrogen (secondary N) is 1. The van der Waals surface area contributed by atoms with Crippen LogP contribution in [-0.4, -0.2) is 40.3 Å². The van der Waals surface area contributed by atoms with Crippen LogP contribution < -0.4 is 15.0 Å². The maximum absolute atomic E-state index is 13.8. The number of fused-ring (bicyclic) bond motifs is 1. The number of carbonyl (C=O) groups excluding carboxylic acids is 2. The SMILES string of the molecule is COc1ccccc1N1C(=O)c2cc(-c3ccco3)nn2C[C@@]1(C)C(=O)NC1CCCC1. The third-order valence-corrected chi connectivity index (χ3v) is 6.43. The Morgan fingerprint density at radius 2 is 2.00 bits per heavy atom. The molecule has 8 heteroatoms. The molecular weight excluding hydrogens is 408 g/mol. The Morgan fingerprint density at radius 1 is 1.22 bits per heavy atom. The summed E-state index contributed by atoms with van der Waals surface area (Å²) in [6, 6.07) is 12.7. The van der Waals surface area contributed by atoms with Crippen LogP contribution in [0.3, 0.4) is 0 Å². The van der Waals surface area contributed by atoms with Gasteiger partial charge in [0, 0.05) is 12.1 Å². The van der Waals surface area contributed by atoms with Gasteiger partial charge in [0.1, 0.15) is 22.7 Å². The number of furan rings is 1. The Labute approximate surface area is 186 Å². The smallest absolute Gasteiger partial charge is 0.277 e. The minimum Gasteiger partial charge on any atom is -0.495 e. The van der Waals surface area contributed by atoms with Gasteiger partial charge < -0.3 is 14.5 Å². The van der Waals surface area contributed by atoms with Crippen molar-refractivity contribution in [2.45, 2.75) is 50.7 Å². The Hall–Kier alpha value is -3.55. The highest BCUT2D eigenvalue weighted by Crippen LogP contribution is 2.39. The largest absolute Gasteiger partial charge is 0.495 e. The second-order valence-electron chi connectivity index (χ2n) is 8.59. The molecule has 0 unspecified atom stereocenters. The van der Waals surface area contributed by atoms with E-state index in [4.69, 9.17) is 9.15 Å². The second kappa shape index (κ2) is 7.85. The monoisotopic (exact) mass is 434 g/mol. The van der Waals surface area contributed by atoms with Gasteiger partial charge in [0.05, 0.1) is 25.6 Å². The van der Waals surface area contributed by atoms with Crippen LogP contribution in [0.2, 0.25) is 0 Å². The van der Waals surface area contributed by atoms with Crippen LogP contribution in [-0.2, 0) is 11.3 Å². The molecule has 0 saturated heterocycles. The van der Waals surface area contributed by atoms with Gasteiger partial charge in [-0.2, -0.15) is 5.10 Å². The Morgan fingerprint density at radius 3 is 2.72 bits per heavy atom. The van der Waals surface area contributed by atoms with Crippen molar-refractivity contribution in [3.05, 3.63) is 54.4 Å². The van der Waals surface area contributed by atoms with Crippen LogP contribution in [0.15, 0.2) is 53.1 Å². The normalized spacial score (nSPS) is 20.9. The van der Waals surface area contributed by atoms with Crippen molar-refractivity contribution >= 4 is 17.5 Å². The van der Waals surface area contributed by atoms with Crippen LogP contribution in [0.5, 0.6) is 5.75 Å². The van der Waals surface area contributed by atoms with E-state index in [2.05, 4.69) is 10.4 Å². The molecule has 1 atom stereocenters. The molecule has 5 rings (SSSR count). The standard InChI is InChI=1S/C24H26N4O4/c1-24(23(30)25-16-8-3-4-9-16)15-27-19(14-17(26-27)20-12-7-13-32-20)22(29)28(24)18-10-5-6-11-21(18)31-2/h5-7,10-14,16H,3-4,8-9,15H2,1-2H3,(H,25,30)/t24-/m0/s1. The highest BCUT2D eigenvalue weighted by molar-refractivity contribution is 6.12. The molecule has 0 spiro atoms. The average Bonchev–Trinajstić information content (AvgIpc) is 3.55. The molecule has 2 aromatic heterocycles. The first-order chi connectivity index (χ1) is 15.5. The second-order valence-corrected chi connectivity index (χ2v) is 8.59. The Bertz CT molecular complexity index is 1150. The molecule has 1 N–H and O–H groups in total. The summed E-state index contributed by atoms with van der Waals surface area (Å²) in [6.07, 6.45) is 5.69. The third-order valence-electron chi connectivity index (χ3n) is 6.43. The summed E-state index contributed by atoms with van der Waals surface area (Å²) in [6.45, 7) is 2.00. The van der Waals surface area contributed by atoms with Crippen LogP contribution in [0.25, 0.3) is 11.5 Å². The summed E-state index contributed by atoms with van der Waals surface area (Å²) in [4.78, 5) is 29.0. The van der Waals surface area contributed by atoms with E-state index in [1.54, 1.807) is 60.2 Å². The number of rotatable bonds is 5. The molecular formula is C24H26N4O4. The molecule has 3 heterocycles. The molecule has 1 aliphatic carbocycles. The van der Waals surface area contributed by atoms with E-state index in [-0.39, 0.29) is 24.4 Å². The number of hydrogen-bond donors (Lipinski definition) is 1. The predicted molar refractivity (Wildman–Crippen MR) is 119 cm³/mol. The minimum atomic E-state index is -1.19. The molecule has 3 aromatic rings. The van der Waals surface area contributed by atoms with Gasteiger partial charge in [0.2, 0.25) is 5.91 Å². The Balaban J connectivity index is 1.61. The Kier molecular flexibility index (Phi) is 5.00. The maximum Gasteiger partial charge on any atom is 0.277 e. The number of carbonyl (C=O) groups is 2. The molecule has 0 bridgehead atoms. The van der Waals surface area contributed by atoms with E-state index in [9.17, 15) is 9.59 Å². The summed E-state index contributed by atoms with van der Waals surface area (Å²) in [5.74, 6) is 0.597. The number of anilines is 1. The fourth-order valence-corrected chi connectivity index (χ4v) is 4.73. The number of amides is 2. The lowest BCUT2D eigenvalue weighted by Crippen LogP contribution is -2.65. The van der Waals surface area contributed by atoms with Gasteiger partial charge in [0.25, 0.3) is 5.91 Å². The van der Waals surface area contributed by atoms with Crippen molar-refractivity contribution in [1.82, 2.24) is 15.1 Å². The van der Waals surface area contributed by atoms with Gasteiger partial charge in [-0.15, -0.1) is 0 Å². The topological polar surface area (TPSA) is 89.6 Å². The number of benzene rings is 1. The van der Waals surface area contributed by atoms with Crippen LogP contribution in [0.4, 0.5) is 5.69 Å². The van der Waals surface area contributed by atoms with Gasteiger partial charge in [-0.25, -0.2) is 0 Å². The third kappa shape index (κ3) is 3.26. The quantitative estimate of drug-likeness (QED) is 0.662. The molecule has 1 fully saturated rings. The molecule has 1 aliphatic heterocycles. The summed E-state index contributed by atoms with van der Waals surface area (Å²) < 4.78 is 12.6. The molecule has 166 valence electrons. The van der Waals surface area contributed by atoms with Crippen LogP contribution in [0.1, 0.15) is 43.1 Å². The first-order valence-corrected chi connectivity index (χ1v) is 10.9. The highest BCUT2D eigenvalue weighted by Gasteiger charge is 2.50. The number of methoxy groups -OCH3 is 1. The lowest BCUT2D eigenvalue weighted by Gasteiger charge is -2.43. The van der Waals surface area contributed by atoms with Gasteiger partial charge >= 0.3 is 0 Å². The zero-order valence-electron chi connectivity index (χ0n) is 18.2. The van der Waals surface area contributed by atoms with Crippen LogP contribution in [0, 0.1) is 0 Å². The van der Waals surface area contributed by atoms with E-state index >= 15 is 0 Å². The van der Waals surface area contributed by atoms with E-state index in [0.717, 1.165) is 25.7 Å². The van der Waals surface area contributed by atoms with E-state index in [0.29, 0.717) is 28.6 Å². The first kappa shape index (κ1) is 20.4. The average molecular weight is 434 g/mol. The fraction of sp³-hybridized carbons (Fsp3) is 0.375. The summed E-state index contributed by atoms with van der Waals surface area (Å²) in [7, 11) is 1.56. The number of hydrogen-bond acceptors (Lipinski definition) is 5. The molecule has 2 amide bonds. The highest BCUT2D eigenvalue weighted by atomic mass is 16.5. The predicted octanol–water partition coefficient (Wildman–Crippen LogP) is 3.63. The van der Waals surface area contributed by atoms with Crippen LogP contribution >= 0.6 is 0 Å². The van der Waals surface area contributed by atoms with Gasteiger partial charge in [-0.3, -0.25) is 19.2 Å².